The number of alkyl halides is 8. The Morgan fingerprint density at radius 1 is 1.04 bits per heavy atom. The van der Waals surface area contributed by atoms with Gasteiger partial charge in [0.25, 0.3) is 0 Å². The van der Waals surface area contributed by atoms with Crippen LogP contribution in [0.15, 0.2) is 12.2 Å². The zero-order valence-corrected chi connectivity index (χ0v) is 12.6. The average molecular weight is 374 g/mol. The van der Waals surface area contributed by atoms with Gasteiger partial charge in [0.2, 0.25) is 6.10 Å². The summed E-state index contributed by atoms with van der Waals surface area (Å²) in [7, 11) is 0.865. The van der Waals surface area contributed by atoms with Crippen molar-refractivity contribution < 1.29 is 54.1 Å². The Bertz CT molecular complexity index is 467. The van der Waals surface area contributed by atoms with Crippen molar-refractivity contribution in [1.82, 2.24) is 0 Å². The van der Waals surface area contributed by atoms with Crippen molar-refractivity contribution in [1.29, 1.82) is 0 Å². The molecule has 0 spiro atoms. The standard InChI is InChI=1S/C12H14F8O4/c1-6(11(15,16)17)7(21)24-9(2,3)10(13,14)8(12(18,19)20)23-5-22-4/h8H,1,5H2,2-4H3. The fraction of sp³-hybridized carbons (Fsp3) is 0.750. The number of rotatable bonds is 7. The number of esters is 1. The molecule has 0 heterocycles. The van der Waals surface area contributed by atoms with Crippen molar-refractivity contribution in [2.24, 2.45) is 0 Å². The summed E-state index contributed by atoms with van der Waals surface area (Å²) in [5, 5.41) is 0. The predicted octanol–water partition coefficient (Wildman–Crippen LogP) is 3.61. The molecule has 0 radical (unpaired) electrons. The fourth-order valence-electron chi connectivity index (χ4n) is 1.33. The Hall–Kier alpha value is -1.43. The van der Waals surface area contributed by atoms with Crippen LogP contribution < -0.4 is 0 Å². The number of carbonyl (C=O) groups is 1. The molecule has 0 aliphatic heterocycles. The largest absolute Gasteiger partial charge is 0.450 e. The number of methoxy groups -OCH3 is 1. The second kappa shape index (κ2) is 7.21. The number of hydrogen-bond donors (Lipinski definition) is 0. The van der Waals surface area contributed by atoms with E-state index < -0.39 is 48.3 Å². The van der Waals surface area contributed by atoms with Gasteiger partial charge in [-0.05, 0) is 13.8 Å². The third kappa shape index (κ3) is 5.30. The Labute approximate surface area is 131 Å². The lowest BCUT2D eigenvalue weighted by Crippen LogP contribution is -2.60. The molecule has 24 heavy (non-hydrogen) atoms. The van der Waals surface area contributed by atoms with E-state index >= 15 is 0 Å². The summed E-state index contributed by atoms with van der Waals surface area (Å²) < 4.78 is 115. The molecule has 0 aromatic carbocycles. The van der Waals surface area contributed by atoms with Crippen LogP contribution in [-0.2, 0) is 19.0 Å². The van der Waals surface area contributed by atoms with E-state index in [0.29, 0.717) is 13.8 Å². The van der Waals surface area contributed by atoms with Crippen molar-refractivity contribution in [2.75, 3.05) is 13.9 Å². The van der Waals surface area contributed by atoms with Crippen LogP contribution >= 0.6 is 0 Å². The van der Waals surface area contributed by atoms with E-state index in [4.69, 9.17) is 0 Å². The van der Waals surface area contributed by atoms with Crippen molar-refractivity contribution in [2.45, 2.75) is 43.8 Å². The Balaban J connectivity index is 5.54. The topological polar surface area (TPSA) is 44.8 Å². The van der Waals surface area contributed by atoms with Crippen LogP contribution in [0.1, 0.15) is 13.8 Å². The van der Waals surface area contributed by atoms with Gasteiger partial charge in [0, 0.05) is 7.11 Å². The van der Waals surface area contributed by atoms with Crippen LogP contribution in [-0.4, -0.2) is 49.9 Å². The summed E-state index contributed by atoms with van der Waals surface area (Å²) >= 11 is 0. The number of hydrogen-bond acceptors (Lipinski definition) is 4. The first-order valence-corrected chi connectivity index (χ1v) is 6.03. The predicted molar refractivity (Wildman–Crippen MR) is 63.1 cm³/mol. The van der Waals surface area contributed by atoms with Gasteiger partial charge in [-0.25, -0.2) is 4.79 Å². The summed E-state index contributed by atoms with van der Waals surface area (Å²) in [5.41, 5.74) is -5.45. The lowest BCUT2D eigenvalue weighted by molar-refractivity contribution is -0.332. The van der Waals surface area contributed by atoms with Crippen LogP contribution in [0, 0.1) is 0 Å². The van der Waals surface area contributed by atoms with Crippen LogP contribution in [0.2, 0.25) is 0 Å². The van der Waals surface area contributed by atoms with E-state index in [-0.39, 0.29) is 0 Å². The van der Waals surface area contributed by atoms with Gasteiger partial charge >= 0.3 is 24.2 Å². The van der Waals surface area contributed by atoms with Crippen molar-refractivity contribution >= 4 is 5.97 Å². The first-order chi connectivity index (χ1) is 10.5. The van der Waals surface area contributed by atoms with Crippen molar-refractivity contribution in [3.8, 4) is 0 Å². The maximum absolute atomic E-state index is 14.1. The maximum Gasteiger partial charge on any atom is 0.422 e. The minimum Gasteiger partial charge on any atom is -0.450 e. The van der Waals surface area contributed by atoms with Gasteiger partial charge in [0.15, 0.2) is 5.60 Å². The molecule has 4 nitrogen and oxygen atoms in total. The van der Waals surface area contributed by atoms with E-state index in [1.54, 1.807) is 0 Å². The number of ether oxygens (including phenoxy) is 3. The zero-order valence-electron chi connectivity index (χ0n) is 12.6. The lowest BCUT2D eigenvalue weighted by atomic mass is 9.94. The van der Waals surface area contributed by atoms with E-state index in [2.05, 4.69) is 20.8 Å². The molecule has 12 heteroatoms. The number of carbonyl (C=O) groups excluding carboxylic acids is 1. The SMILES string of the molecule is C=C(C(=O)OC(C)(C)C(F)(F)C(OCOC)C(F)(F)F)C(F)(F)F. The monoisotopic (exact) mass is 374 g/mol. The van der Waals surface area contributed by atoms with Crippen LogP contribution in [0.5, 0.6) is 0 Å². The Kier molecular flexibility index (Phi) is 6.78. The van der Waals surface area contributed by atoms with Crippen molar-refractivity contribution in [3.05, 3.63) is 12.2 Å². The van der Waals surface area contributed by atoms with E-state index in [0.717, 1.165) is 7.11 Å². The highest BCUT2D eigenvalue weighted by Crippen LogP contribution is 2.43. The molecule has 1 atom stereocenters. The molecular weight excluding hydrogens is 360 g/mol. The maximum atomic E-state index is 14.1. The first-order valence-electron chi connectivity index (χ1n) is 6.03. The van der Waals surface area contributed by atoms with Crippen LogP contribution in [0.3, 0.4) is 0 Å². The second-order valence-electron chi connectivity index (χ2n) is 4.99. The molecule has 0 rings (SSSR count). The van der Waals surface area contributed by atoms with Gasteiger partial charge in [-0.3, -0.25) is 0 Å². The summed E-state index contributed by atoms with van der Waals surface area (Å²) in [6.45, 7) is 1.75. The lowest BCUT2D eigenvalue weighted by Gasteiger charge is -2.38. The third-order valence-electron chi connectivity index (χ3n) is 2.72. The van der Waals surface area contributed by atoms with Crippen LogP contribution in [0.4, 0.5) is 35.1 Å². The quantitative estimate of drug-likeness (QED) is 0.296. The number of halogens is 8. The molecule has 142 valence electrons. The minimum atomic E-state index is -5.62. The molecule has 1 unspecified atom stereocenters. The Morgan fingerprint density at radius 3 is 1.83 bits per heavy atom. The smallest absolute Gasteiger partial charge is 0.422 e. The molecule has 0 N–H and O–H groups in total. The molecule has 0 aromatic heterocycles. The summed E-state index contributed by atoms with van der Waals surface area (Å²) in [5.74, 6) is -7.27. The van der Waals surface area contributed by atoms with E-state index in [9.17, 15) is 39.9 Å². The van der Waals surface area contributed by atoms with Gasteiger partial charge in [-0.1, -0.05) is 6.58 Å². The molecule has 0 saturated carbocycles. The molecular formula is C12H14F8O4. The summed E-state index contributed by atoms with van der Waals surface area (Å²) in [6, 6.07) is 0. The Morgan fingerprint density at radius 2 is 1.50 bits per heavy atom. The average Bonchev–Trinajstić information content (AvgIpc) is 2.34. The molecule has 0 amide bonds. The van der Waals surface area contributed by atoms with E-state index in [1.807, 2.05) is 0 Å². The highest BCUT2D eigenvalue weighted by atomic mass is 19.4. The minimum absolute atomic E-state index is 0.309. The second-order valence-corrected chi connectivity index (χ2v) is 4.99. The van der Waals surface area contributed by atoms with E-state index in [1.165, 1.54) is 0 Å². The zero-order chi connectivity index (χ0) is 19.6. The summed E-state index contributed by atoms with van der Waals surface area (Å²) in [6.07, 6.45) is -14.7. The first kappa shape index (κ1) is 22.6. The van der Waals surface area contributed by atoms with Gasteiger partial charge < -0.3 is 14.2 Å². The highest BCUT2D eigenvalue weighted by Gasteiger charge is 2.66. The molecule has 0 aliphatic rings. The third-order valence-corrected chi connectivity index (χ3v) is 2.72. The molecule has 0 saturated heterocycles. The molecule has 0 bridgehead atoms. The normalized spacial score (nSPS) is 15.1. The molecule has 0 aromatic rings. The fourth-order valence-corrected chi connectivity index (χ4v) is 1.33. The highest BCUT2D eigenvalue weighted by molar-refractivity contribution is 5.89. The van der Waals surface area contributed by atoms with Gasteiger partial charge in [0.05, 0.1) is 0 Å². The van der Waals surface area contributed by atoms with Crippen LogP contribution in [0.25, 0.3) is 0 Å². The van der Waals surface area contributed by atoms with Gasteiger partial charge in [0.1, 0.15) is 12.4 Å². The van der Waals surface area contributed by atoms with Gasteiger partial charge in [-0.15, -0.1) is 0 Å². The van der Waals surface area contributed by atoms with Crippen molar-refractivity contribution in [3.63, 3.8) is 0 Å². The molecule has 0 fully saturated rings. The summed E-state index contributed by atoms with van der Waals surface area (Å²) in [4.78, 5) is 11.2. The van der Waals surface area contributed by atoms with Gasteiger partial charge in [-0.2, -0.15) is 35.1 Å². The molecule has 0 aliphatic carbocycles.